The van der Waals surface area contributed by atoms with E-state index in [0.29, 0.717) is 25.8 Å². The molecule has 2 N–H and O–H groups in total. The summed E-state index contributed by atoms with van der Waals surface area (Å²) in [5.41, 5.74) is -1.31. The van der Waals surface area contributed by atoms with E-state index in [1.54, 1.807) is 0 Å². The average Bonchev–Trinajstić information content (AvgIpc) is 3.12. The zero-order chi connectivity index (χ0) is 40.3. The summed E-state index contributed by atoms with van der Waals surface area (Å²) in [7, 11) is 3.86. The fourth-order valence-corrected chi connectivity index (χ4v) is 7.09. The summed E-state index contributed by atoms with van der Waals surface area (Å²) < 4.78 is 11.6. The van der Waals surface area contributed by atoms with Crippen LogP contribution in [0.4, 0.5) is 0 Å². The third-order valence-corrected chi connectivity index (χ3v) is 10.3. The van der Waals surface area contributed by atoms with Crippen LogP contribution in [0.15, 0.2) is 24.3 Å². The Labute approximate surface area is 330 Å². The topological polar surface area (TPSA) is 130 Å². The van der Waals surface area contributed by atoms with Crippen molar-refractivity contribution in [1.29, 1.82) is 0 Å². The lowest BCUT2D eigenvalue weighted by atomic mass is 9.70. The maximum Gasteiger partial charge on any atom is 0.309 e. The SMILES string of the molecule is CCCCC/C=C/C/C=C/CCCCCCCC(=O)OCC(CC(CCCC(=O)O)(CC(CCCC)CCCCCC)C(=O)O)OC(=O)CCCN(C)C. The standard InChI is InChI=1S/C45H81NO8/c1-6-9-12-14-15-16-17-18-19-20-21-22-23-24-26-32-42(49)53-38-40(54-43(50)33-28-35-46(4)5)37-45(44(51)52,34-27-31-41(47)48)36-39(29-11-8-3)30-25-13-10-7-2/h15-16,18-19,39-40H,6-14,17,20-38H2,1-5H3,(H,47,48)(H,51,52)/b16-15+,19-18+. The lowest BCUT2D eigenvalue weighted by Gasteiger charge is -2.36. The van der Waals surface area contributed by atoms with Crippen molar-refractivity contribution in [3.8, 4) is 0 Å². The molecule has 9 nitrogen and oxygen atoms in total. The normalized spacial score (nSPS) is 14.0. The van der Waals surface area contributed by atoms with Crippen LogP contribution in [0.5, 0.6) is 0 Å². The van der Waals surface area contributed by atoms with Gasteiger partial charge >= 0.3 is 23.9 Å². The van der Waals surface area contributed by atoms with Crippen molar-refractivity contribution >= 4 is 23.9 Å². The molecule has 0 bridgehead atoms. The summed E-state index contributed by atoms with van der Waals surface area (Å²) in [6.45, 7) is 7.01. The first-order valence-electron chi connectivity index (χ1n) is 21.7. The van der Waals surface area contributed by atoms with Crippen LogP contribution in [0, 0.1) is 11.3 Å². The quantitative estimate of drug-likeness (QED) is 0.0358. The van der Waals surface area contributed by atoms with Crippen molar-refractivity contribution < 1.29 is 38.9 Å². The number of aliphatic carboxylic acids is 2. The predicted octanol–water partition coefficient (Wildman–Crippen LogP) is 11.5. The second kappa shape index (κ2) is 34.8. The molecule has 0 aliphatic heterocycles. The zero-order valence-corrected chi connectivity index (χ0v) is 35.3. The summed E-state index contributed by atoms with van der Waals surface area (Å²) >= 11 is 0. The van der Waals surface area contributed by atoms with Gasteiger partial charge in [0.25, 0.3) is 0 Å². The van der Waals surface area contributed by atoms with Gasteiger partial charge in [0.05, 0.1) is 5.41 Å². The molecule has 0 saturated heterocycles. The van der Waals surface area contributed by atoms with Gasteiger partial charge in [-0.25, -0.2) is 0 Å². The van der Waals surface area contributed by atoms with E-state index in [1.807, 2.05) is 19.0 Å². The second-order valence-electron chi connectivity index (χ2n) is 15.8. The molecule has 0 rings (SSSR count). The summed E-state index contributed by atoms with van der Waals surface area (Å²) in [4.78, 5) is 52.6. The molecule has 0 saturated carbocycles. The highest BCUT2D eigenvalue weighted by Crippen LogP contribution is 2.41. The first kappa shape index (κ1) is 51.3. The zero-order valence-electron chi connectivity index (χ0n) is 35.3. The minimum absolute atomic E-state index is 0.0179. The molecular weight excluding hydrogens is 682 g/mol. The van der Waals surface area contributed by atoms with Crippen molar-refractivity contribution in [2.24, 2.45) is 11.3 Å². The maximum absolute atomic E-state index is 13.2. The van der Waals surface area contributed by atoms with Crippen molar-refractivity contribution in [2.75, 3.05) is 27.2 Å². The molecule has 3 unspecified atom stereocenters. The van der Waals surface area contributed by atoms with Crippen LogP contribution in [0.1, 0.15) is 194 Å². The molecule has 3 atom stereocenters. The van der Waals surface area contributed by atoms with E-state index in [4.69, 9.17) is 9.47 Å². The first-order valence-corrected chi connectivity index (χ1v) is 21.7. The Balaban J connectivity index is 5.46. The highest BCUT2D eigenvalue weighted by atomic mass is 16.6. The number of allylic oxidation sites excluding steroid dienone is 4. The van der Waals surface area contributed by atoms with E-state index >= 15 is 0 Å². The molecule has 0 amide bonds. The summed E-state index contributed by atoms with van der Waals surface area (Å²) in [6.07, 6.45) is 29.8. The number of carbonyl (C=O) groups excluding carboxylic acids is 2. The molecule has 0 aromatic heterocycles. The number of hydrogen-bond donors (Lipinski definition) is 2. The van der Waals surface area contributed by atoms with Crippen LogP contribution in [-0.4, -0.2) is 72.3 Å². The number of esters is 2. The molecule has 0 radical (unpaired) electrons. The third-order valence-electron chi connectivity index (χ3n) is 10.3. The monoisotopic (exact) mass is 764 g/mol. The third kappa shape index (κ3) is 29.6. The van der Waals surface area contributed by atoms with E-state index in [1.165, 1.54) is 25.7 Å². The van der Waals surface area contributed by atoms with Gasteiger partial charge in [0.15, 0.2) is 0 Å². The van der Waals surface area contributed by atoms with Crippen molar-refractivity contribution in [1.82, 2.24) is 4.90 Å². The molecule has 9 heteroatoms. The summed E-state index contributed by atoms with van der Waals surface area (Å²) in [5, 5.41) is 20.2. The number of nitrogens with zero attached hydrogens (tertiary/aromatic N) is 1. The van der Waals surface area contributed by atoms with Gasteiger partial charge < -0.3 is 24.6 Å². The number of ether oxygens (including phenoxy) is 2. The van der Waals surface area contributed by atoms with Gasteiger partial charge in [-0.2, -0.15) is 0 Å². The fraction of sp³-hybridized carbons (Fsp3) is 0.822. The Morgan fingerprint density at radius 1 is 0.630 bits per heavy atom. The van der Waals surface area contributed by atoms with Crippen molar-refractivity contribution in [2.45, 2.75) is 200 Å². The van der Waals surface area contributed by atoms with E-state index in [2.05, 4.69) is 45.1 Å². The van der Waals surface area contributed by atoms with Crippen LogP contribution in [0.25, 0.3) is 0 Å². The minimum atomic E-state index is -1.31. The van der Waals surface area contributed by atoms with E-state index in [9.17, 15) is 29.4 Å². The second-order valence-corrected chi connectivity index (χ2v) is 15.8. The lowest BCUT2D eigenvalue weighted by Crippen LogP contribution is -2.40. The molecule has 0 aromatic carbocycles. The van der Waals surface area contributed by atoms with Crippen LogP contribution in [0.3, 0.4) is 0 Å². The van der Waals surface area contributed by atoms with Gasteiger partial charge in [0.1, 0.15) is 12.7 Å². The number of carboxylic acid groups (broad SMARTS) is 2. The van der Waals surface area contributed by atoms with Gasteiger partial charge in [-0.15, -0.1) is 0 Å². The van der Waals surface area contributed by atoms with Crippen LogP contribution in [-0.2, 0) is 28.7 Å². The highest BCUT2D eigenvalue weighted by molar-refractivity contribution is 5.75. The largest absolute Gasteiger partial charge is 0.481 e. The van der Waals surface area contributed by atoms with Crippen LogP contribution < -0.4 is 0 Å². The Morgan fingerprint density at radius 3 is 1.83 bits per heavy atom. The predicted molar refractivity (Wildman–Crippen MR) is 221 cm³/mol. The molecule has 54 heavy (non-hydrogen) atoms. The number of rotatable bonds is 38. The molecule has 0 spiro atoms. The van der Waals surface area contributed by atoms with Crippen LogP contribution in [0.2, 0.25) is 0 Å². The highest BCUT2D eigenvalue weighted by Gasteiger charge is 2.43. The molecule has 0 aliphatic rings. The van der Waals surface area contributed by atoms with E-state index in [0.717, 1.165) is 89.9 Å². The average molecular weight is 764 g/mol. The first-order chi connectivity index (χ1) is 26.0. The fourth-order valence-electron chi connectivity index (χ4n) is 7.09. The van der Waals surface area contributed by atoms with Crippen molar-refractivity contribution in [3.05, 3.63) is 24.3 Å². The van der Waals surface area contributed by atoms with E-state index < -0.39 is 29.4 Å². The number of hydrogen-bond acceptors (Lipinski definition) is 7. The van der Waals surface area contributed by atoms with Crippen molar-refractivity contribution in [3.63, 3.8) is 0 Å². The molecule has 314 valence electrons. The molecule has 0 heterocycles. The van der Waals surface area contributed by atoms with Crippen LogP contribution >= 0.6 is 0 Å². The molecule has 0 fully saturated rings. The van der Waals surface area contributed by atoms with Gasteiger partial charge in [-0.3, -0.25) is 19.2 Å². The smallest absolute Gasteiger partial charge is 0.309 e. The van der Waals surface area contributed by atoms with Gasteiger partial charge in [0, 0.05) is 25.7 Å². The van der Waals surface area contributed by atoms with Gasteiger partial charge in [-0.1, -0.05) is 129 Å². The summed E-state index contributed by atoms with van der Waals surface area (Å²) in [6, 6.07) is 0. The number of unbranched alkanes of at least 4 members (excludes halogenated alkanes) is 12. The number of carbonyl (C=O) groups is 4. The van der Waals surface area contributed by atoms with Gasteiger partial charge in [-0.05, 0) is 90.8 Å². The Kier molecular flexibility index (Phi) is 33.1. The Hall–Kier alpha value is -2.68. The summed E-state index contributed by atoms with van der Waals surface area (Å²) in [5.74, 6) is -2.65. The minimum Gasteiger partial charge on any atom is -0.481 e. The van der Waals surface area contributed by atoms with E-state index in [-0.39, 0.29) is 57.0 Å². The molecular formula is C45H81NO8. The number of carboxylic acids is 2. The lowest BCUT2D eigenvalue weighted by molar-refractivity contribution is -0.167. The maximum atomic E-state index is 13.2. The molecule has 0 aromatic rings. The Morgan fingerprint density at radius 2 is 1.20 bits per heavy atom. The molecule has 0 aliphatic carbocycles. The Bertz CT molecular complexity index is 1030. The van der Waals surface area contributed by atoms with Gasteiger partial charge in [0.2, 0.25) is 0 Å².